The summed E-state index contributed by atoms with van der Waals surface area (Å²) in [6.07, 6.45) is 2.28. The second-order valence-electron chi connectivity index (χ2n) is 4.65. The topological polar surface area (TPSA) is 36.4 Å². The fraction of sp³-hybridized carbons (Fsp3) is 0.500. The zero-order valence-electron chi connectivity index (χ0n) is 10.7. The maximum Gasteiger partial charge on any atom is 0.191 e. The Morgan fingerprint density at radius 2 is 2.39 bits per heavy atom. The van der Waals surface area contributed by atoms with Crippen LogP contribution >= 0.6 is 15.9 Å². The van der Waals surface area contributed by atoms with Crippen molar-refractivity contribution < 1.29 is 0 Å². The summed E-state index contributed by atoms with van der Waals surface area (Å²) in [6, 6.07) is 8.56. The molecule has 0 aliphatic carbocycles. The standard InChI is InChI=1S/C14H20BrN3/c1-2-11(10-18-14-16-6-7-17-14)8-12-4-3-5-13(15)9-12/h3-5,9,11H,2,6-8,10H2,1H3,(H2,16,17,18)/t11-/m1/s1. The third-order valence-electron chi connectivity index (χ3n) is 3.22. The van der Waals surface area contributed by atoms with E-state index in [1.807, 2.05) is 0 Å². The Kier molecular flexibility index (Phi) is 5.05. The molecule has 98 valence electrons. The highest BCUT2D eigenvalue weighted by Gasteiger charge is 2.10. The van der Waals surface area contributed by atoms with Gasteiger partial charge in [0.05, 0.1) is 6.54 Å². The highest BCUT2D eigenvalue weighted by atomic mass is 79.9. The lowest BCUT2D eigenvalue weighted by Gasteiger charge is -2.16. The van der Waals surface area contributed by atoms with Crippen LogP contribution in [0.1, 0.15) is 18.9 Å². The monoisotopic (exact) mass is 309 g/mol. The van der Waals surface area contributed by atoms with E-state index in [9.17, 15) is 0 Å². The van der Waals surface area contributed by atoms with E-state index in [2.05, 4.69) is 62.7 Å². The van der Waals surface area contributed by atoms with Crippen molar-refractivity contribution in [2.75, 3.05) is 19.6 Å². The first-order chi connectivity index (χ1) is 8.78. The van der Waals surface area contributed by atoms with Crippen molar-refractivity contribution in [3.05, 3.63) is 34.3 Å². The molecule has 4 heteroatoms. The molecule has 0 fully saturated rings. The number of nitrogens with one attached hydrogen (secondary N) is 2. The van der Waals surface area contributed by atoms with Crippen LogP contribution in [0.3, 0.4) is 0 Å². The summed E-state index contributed by atoms with van der Waals surface area (Å²) in [7, 11) is 0. The van der Waals surface area contributed by atoms with Crippen molar-refractivity contribution in [3.8, 4) is 0 Å². The van der Waals surface area contributed by atoms with Crippen LogP contribution in [0.2, 0.25) is 0 Å². The van der Waals surface area contributed by atoms with E-state index in [1.165, 1.54) is 12.0 Å². The highest BCUT2D eigenvalue weighted by molar-refractivity contribution is 9.10. The van der Waals surface area contributed by atoms with Crippen LogP contribution in [0.5, 0.6) is 0 Å². The van der Waals surface area contributed by atoms with Gasteiger partial charge in [-0.3, -0.25) is 4.99 Å². The fourth-order valence-corrected chi connectivity index (χ4v) is 2.56. The van der Waals surface area contributed by atoms with Crippen molar-refractivity contribution in [1.82, 2.24) is 10.6 Å². The molecule has 0 unspecified atom stereocenters. The number of nitrogens with zero attached hydrogens (tertiary/aromatic N) is 1. The molecule has 0 saturated carbocycles. The number of rotatable bonds is 5. The van der Waals surface area contributed by atoms with Crippen molar-refractivity contribution in [3.63, 3.8) is 0 Å². The summed E-state index contributed by atoms with van der Waals surface area (Å²) in [5.74, 6) is 1.60. The van der Waals surface area contributed by atoms with E-state index in [0.717, 1.165) is 36.5 Å². The Morgan fingerprint density at radius 1 is 1.50 bits per heavy atom. The number of halogens is 1. The van der Waals surface area contributed by atoms with E-state index < -0.39 is 0 Å². The Bertz CT molecular complexity index is 417. The van der Waals surface area contributed by atoms with Crippen LogP contribution in [0, 0.1) is 5.92 Å². The summed E-state index contributed by atoms with van der Waals surface area (Å²) in [5, 5.41) is 6.64. The van der Waals surface area contributed by atoms with Gasteiger partial charge < -0.3 is 10.6 Å². The van der Waals surface area contributed by atoms with Crippen molar-refractivity contribution in [1.29, 1.82) is 0 Å². The van der Waals surface area contributed by atoms with Gasteiger partial charge in [0.15, 0.2) is 5.96 Å². The third kappa shape index (κ3) is 4.02. The summed E-state index contributed by atoms with van der Waals surface area (Å²) >= 11 is 3.52. The molecule has 1 heterocycles. The number of benzene rings is 1. The van der Waals surface area contributed by atoms with Crippen LogP contribution in [-0.2, 0) is 6.42 Å². The van der Waals surface area contributed by atoms with Gasteiger partial charge >= 0.3 is 0 Å². The van der Waals surface area contributed by atoms with E-state index in [-0.39, 0.29) is 0 Å². The Morgan fingerprint density at radius 3 is 3.06 bits per heavy atom. The van der Waals surface area contributed by atoms with E-state index >= 15 is 0 Å². The van der Waals surface area contributed by atoms with Gasteiger partial charge in [-0.15, -0.1) is 0 Å². The molecular weight excluding hydrogens is 290 g/mol. The first-order valence-corrected chi connectivity index (χ1v) is 7.34. The van der Waals surface area contributed by atoms with Crippen LogP contribution < -0.4 is 10.6 Å². The Labute approximate surface area is 117 Å². The summed E-state index contributed by atoms with van der Waals surface area (Å²) in [4.78, 5) is 4.35. The summed E-state index contributed by atoms with van der Waals surface area (Å²) in [5.41, 5.74) is 1.39. The number of hydrogen-bond donors (Lipinski definition) is 2. The highest BCUT2D eigenvalue weighted by Crippen LogP contribution is 2.16. The first-order valence-electron chi connectivity index (χ1n) is 6.54. The molecule has 0 aromatic heterocycles. The van der Waals surface area contributed by atoms with Crippen LogP contribution in [0.15, 0.2) is 33.7 Å². The molecule has 2 rings (SSSR count). The quantitative estimate of drug-likeness (QED) is 0.877. The summed E-state index contributed by atoms with van der Waals surface area (Å²) < 4.78 is 1.16. The second-order valence-corrected chi connectivity index (χ2v) is 5.56. The van der Waals surface area contributed by atoms with Gasteiger partial charge in [0.25, 0.3) is 0 Å². The van der Waals surface area contributed by atoms with E-state index in [0.29, 0.717) is 5.92 Å². The molecule has 1 aliphatic rings. The van der Waals surface area contributed by atoms with Gasteiger partial charge in [-0.1, -0.05) is 41.4 Å². The first kappa shape index (κ1) is 13.4. The number of hydrogen-bond acceptors (Lipinski definition) is 3. The summed E-state index contributed by atoms with van der Waals surface area (Å²) in [6.45, 7) is 5.08. The van der Waals surface area contributed by atoms with Gasteiger partial charge in [-0.05, 0) is 30.0 Å². The molecule has 18 heavy (non-hydrogen) atoms. The minimum absolute atomic E-state index is 0.643. The lowest BCUT2D eigenvalue weighted by molar-refractivity contribution is 0.495. The third-order valence-corrected chi connectivity index (χ3v) is 3.72. The molecule has 1 aromatic rings. The average Bonchev–Trinajstić information content (AvgIpc) is 2.87. The van der Waals surface area contributed by atoms with Crippen molar-refractivity contribution in [2.24, 2.45) is 10.9 Å². The molecule has 3 nitrogen and oxygen atoms in total. The van der Waals surface area contributed by atoms with Crippen molar-refractivity contribution >= 4 is 21.9 Å². The predicted molar refractivity (Wildman–Crippen MR) is 79.9 cm³/mol. The predicted octanol–water partition coefficient (Wildman–Crippen LogP) is 2.57. The molecule has 0 spiro atoms. The maximum atomic E-state index is 4.35. The molecular formula is C14H20BrN3. The maximum absolute atomic E-state index is 4.35. The van der Waals surface area contributed by atoms with Gasteiger partial charge in [0.2, 0.25) is 0 Å². The molecule has 0 bridgehead atoms. The smallest absolute Gasteiger partial charge is 0.191 e. The molecule has 1 aromatic carbocycles. The van der Waals surface area contributed by atoms with Gasteiger partial charge in [-0.2, -0.15) is 0 Å². The molecule has 0 radical (unpaired) electrons. The second kappa shape index (κ2) is 6.78. The minimum atomic E-state index is 0.643. The normalized spacial score (nSPS) is 16.0. The van der Waals surface area contributed by atoms with Gasteiger partial charge in [-0.25, -0.2) is 0 Å². The lowest BCUT2D eigenvalue weighted by atomic mass is 9.97. The largest absolute Gasteiger partial charge is 0.356 e. The SMILES string of the molecule is CC[C@@H](CNC1=NCCN1)Cc1cccc(Br)c1. The molecule has 1 atom stereocenters. The van der Waals surface area contributed by atoms with Crippen LogP contribution in [0.4, 0.5) is 0 Å². The zero-order chi connectivity index (χ0) is 12.8. The van der Waals surface area contributed by atoms with Crippen LogP contribution in [0.25, 0.3) is 0 Å². The number of aliphatic imine (C=N–C) groups is 1. The fourth-order valence-electron chi connectivity index (χ4n) is 2.12. The lowest BCUT2D eigenvalue weighted by Crippen LogP contribution is -2.37. The zero-order valence-corrected chi connectivity index (χ0v) is 12.3. The Hall–Kier alpha value is -1.03. The average molecular weight is 310 g/mol. The molecule has 0 amide bonds. The van der Waals surface area contributed by atoms with Crippen LogP contribution in [-0.4, -0.2) is 25.6 Å². The van der Waals surface area contributed by atoms with E-state index in [4.69, 9.17) is 0 Å². The van der Waals surface area contributed by atoms with E-state index in [1.54, 1.807) is 0 Å². The molecule has 0 saturated heterocycles. The Balaban J connectivity index is 1.84. The number of guanidine groups is 1. The molecule has 2 N–H and O–H groups in total. The molecule has 1 aliphatic heterocycles. The van der Waals surface area contributed by atoms with Crippen molar-refractivity contribution in [2.45, 2.75) is 19.8 Å². The van der Waals surface area contributed by atoms with Gasteiger partial charge in [0.1, 0.15) is 0 Å². The van der Waals surface area contributed by atoms with Gasteiger partial charge in [0, 0.05) is 17.6 Å². The minimum Gasteiger partial charge on any atom is -0.356 e.